The van der Waals surface area contributed by atoms with Gasteiger partial charge in [-0.25, -0.2) is 0 Å². The molecule has 0 spiro atoms. The Kier molecular flexibility index (Phi) is 6.41. The molecule has 25 heavy (non-hydrogen) atoms. The number of nitrogens with one attached hydrogen (secondary N) is 1. The molecule has 9 heteroatoms. The molecule has 0 unspecified atom stereocenters. The van der Waals surface area contributed by atoms with E-state index in [9.17, 15) is 4.79 Å². The van der Waals surface area contributed by atoms with Crippen LogP contribution in [-0.4, -0.2) is 22.7 Å². The van der Waals surface area contributed by atoms with Gasteiger partial charge in [0.05, 0.1) is 16.0 Å². The first-order valence-corrected chi connectivity index (χ1v) is 10.2. The van der Waals surface area contributed by atoms with E-state index < -0.39 is 0 Å². The van der Waals surface area contributed by atoms with Crippen LogP contribution in [-0.2, 0) is 4.79 Å². The van der Waals surface area contributed by atoms with Crippen molar-refractivity contribution < 1.29 is 9.53 Å². The second-order valence-corrected chi connectivity index (χ2v) is 8.18. The van der Waals surface area contributed by atoms with E-state index in [0.717, 1.165) is 14.4 Å². The maximum atomic E-state index is 12.0. The van der Waals surface area contributed by atoms with Crippen LogP contribution in [0.1, 0.15) is 12.8 Å². The molecule has 1 N–H and O–H groups in total. The summed E-state index contributed by atoms with van der Waals surface area (Å²) in [6, 6.07) is 9.25. The minimum absolute atomic E-state index is 0.104. The lowest BCUT2D eigenvalue weighted by Crippen LogP contribution is -2.12. The molecule has 0 radical (unpaired) electrons. The molecule has 0 bridgehead atoms. The topological polar surface area (TPSA) is 64.1 Å². The smallest absolute Gasteiger partial charge is 0.226 e. The third-order valence-electron chi connectivity index (χ3n) is 3.10. The minimum Gasteiger partial charge on any atom is -0.492 e. The number of carbonyl (C=O) groups excluding carboxylic acids is 1. The highest BCUT2D eigenvalue weighted by atomic mass is 79.9. The van der Waals surface area contributed by atoms with E-state index in [1.54, 1.807) is 29.5 Å². The zero-order valence-electron chi connectivity index (χ0n) is 12.9. The molecule has 1 amide bonds. The monoisotopic (exact) mass is 457 g/mol. The van der Waals surface area contributed by atoms with E-state index in [-0.39, 0.29) is 5.91 Å². The van der Waals surface area contributed by atoms with E-state index in [1.807, 2.05) is 17.5 Å². The third-order valence-corrected chi connectivity index (χ3v) is 5.84. The number of halogens is 2. The highest BCUT2D eigenvalue weighted by Gasteiger charge is 2.10. The first-order valence-electron chi connectivity index (χ1n) is 7.37. The van der Waals surface area contributed by atoms with Crippen LogP contribution in [0.2, 0.25) is 5.02 Å². The Labute approximate surface area is 166 Å². The van der Waals surface area contributed by atoms with Gasteiger partial charge in [-0.2, -0.15) is 0 Å². The lowest BCUT2D eigenvalue weighted by Gasteiger charge is -2.08. The Morgan fingerprint density at radius 3 is 2.96 bits per heavy atom. The van der Waals surface area contributed by atoms with Gasteiger partial charge in [-0.1, -0.05) is 29.0 Å². The number of anilines is 1. The predicted octanol–water partition coefficient (Wildman–Crippen LogP) is 5.48. The SMILES string of the molecule is O=C(CCCOc1ccc(Cl)cc1Br)Nc1nnc(-c2cccs2)s1. The Bertz CT molecular complexity index is 855. The predicted molar refractivity (Wildman–Crippen MR) is 106 cm³/mol. The van der Waals surface area contributed by atoms with Crippen molar-refractivity contribution in [2.75, 3.05) is 11.9 Å². The summed E-state index contributed by atoms with van der Waals surface area (Å²) in [7, 11) is 0. The Hall–Kier alpha value is -1.48. The summed E-state index contributed by atoms with van der Waals surface area (Å²) in [5.41, 5.74) is 0. The fraction of sp³-hybridized carbons (Fsp3) is 0.188. The maximum Gasteiger partial charge on any atom is 0.226 e. The largest absolute Gasteiger partial charge is 0.492 e. The van der Waals surface area contributed by atoms with Gasteiger partial charge >= 0.3 is 0 Å². The summed E-state index contributed by atoms with van der Waals surface area (Å²) < 4.78 is 6.43. The minimum atomic E-state index is -0.104. The van der Waals surface area contributed by atoms with Crippen molar-refractivity contribution in [3.63, 3.8) is 0 Å². The summed E-state index contributed by atoms with van der Waals surface area (Å²) in [4.78, 5) is 13.0. The average molecular weight is 459 g/mol. The van der Waals surface area contributed by atoms with E-state index in [0.29, 0.717) is 35.4 Å². The fourth-order valence-electron chi connectivity index (χ4n) is 1.96. The zero-order valence-corrected chi connectivity index (χ0v) is 16.8. The summed E-state index contributed by atoms with van der Waals surface area (Å²) >= 11 is 12.2. The highest BCUT2D eigenvalue weighted by molar-refractivity contribution is 9.10. The van der Waals surface area contributed by atoms with E-state index in [1.165, 1.54) is 11.3 Å². The lowest BCUT2D eigenvalue weighted by atomic mass is 10.3. The number of carbonyl (C=O) groups is 1. The van der Waals surface area contributed by atoms with E-state index in [4.69, 9.17) is 16.3 Å². The van der Waals surface area contributed by atoms with Crippen LogP contribution in [0.25, 0.3) is 9.88 Å². The molecule has 0 aliphatic heterocycles. The second-order valence-electron chi connectivity index (χ2n) is 4.96. The summed E-state index contributed by atoms with van der Waals surface area (Å²) in [6.45, 7) is 0.435. The molecule has 0 aliphatic carbocycles. The average Bonchev–Trinajstić information content (AvgIpc) is 3.24. The molecular weight excluding hydrogens is 446 g/mol. The van der Waals surface area contributed by atoms with Crippen LogP contribution < -0.4 is 10.1 Å². The molecule has 2 aromatic heterocycles. The molecule has 0 atom stereocenters. The van der Waals surface area contributed by atoms with Crippen LogP contribution in [0.3, 0.4) is 0 Å². The lowest BCUT2D eigenvalue weighted by molar-refractivity contribution is -0.116. The van der Waals surface area contributed by atoms with Crippen molar-refractivity contribution in [3.8, 4) is 15.6 Å². The van der Waals surface area contributed by atoms with Gasteiger partial charge in [-0.05, 0) is 52.0 Å². The van der Waals surface area contributed by atoms with Crippen molar-refractivity contribution >= 4 is 61.2 Å². The van der Waals surface area contributed by atoms with Crippen LogP contribution in [0.5, 0.6) is 5.75 Å². The van der Waals surface area contributed by atoms with Crippen molar-refractivity contribution in [1.82, 2.24) is 10.2 Å². The summed E-state index contributed by atoms with van der Waals surface area (Å²) in [6.07, 6.45) is 0.941. The number of hydrogen-bond acceptors (Lipinski definition) is 6. The molecule has 0 saturated heterocycles. The second kappa shape index (κ2) is 8.75. The number of benzene rings is 1. The number of rotatable bonds is 7. The van der Waals surface area contributed by atoms with E-state index >= 15 is 0 Å². The third kappa shape index (κ3) is 5.24. The van der Waals surface area contributed by atoms with Gasteiger partial charge in [0.1, 0.15) is 5.75 Å². The molecule has 130 valence electrons. The molecule has 2 heterocycles. The standard InChI is InChI=1S/C16H13BrClN3O2S2/c17-11-9-10(18)5-6-12(11)23-7-1-4-14(22)19-16-21-20-15(25-16)13-3-2-8-24-13/h2-3,5-6,8-9H,1,4,7H2,(H,19,21,22). The number of thiophene rings is 1. The van der Waals surface area contributed by atoms with Gasteiger partial charge in [0.15, 0.2) is 5.01 Å². The van der Waals surface area contributed by atoms with Crippen molar-refractivity contribution in [3.05, 3.63) is 45.2 Å². The zero-order chi connectivity index (χ0) is 17.6. The normalized spacial score (nSPS) is 10.6. The molecule has 3 aromatic rings. The Morgan fingerprint density at radius 1 is 1.32 bits per heavy atom. The van der Waals surface area contributed by atoms with Crippen molar-refractivity contribution in [2.24, 2.45) is 0 Å². The number of aromatic nitrogens is 2. The van der Waals surface area contributed by atoms with Crippen LogP contribution >= 0.6 is 50.2 Å². The number of hydrogen-bond donors (Lipinski definition) is 1. The summed E-state index contributed by atoms with van der Waals surface area (Å²) in [5, 5.41) is 14.8. The maximum absolute atomic E-state index is 12.0. The van der Waals surface area contributed by atoms with Gasteiger partial charge in [-0.3, -0.25) is 4.79 Å². The first kappa shape index (κ1) is 18.3. The Balaban J connectivity index is 1.42. The fourth-order valence-corrected chi connectivity index (χ4v) is 4.31. The molecule has 0 aliphatic rings. The molecule has 0 fully saturated rings. The molecular formula is C16H13BrClN3O2S2. The number of ether oxygens (including phenoxy) is 1. The van der Waals surface area contributed by atoms with Crippen LogP contribution in [0.15, 0.2) is 40.2 Å². The molecule has 5 nitrogen and oxygen atoms in total. The van der Waals surface area contributed by atoms with Gasteiger partial charge < -0.3 is 10.1 Å². The summed E-state index contributed by atoms with van der Waals surface area (Å²) in [5.74, 6) is 0.599. The van der Waals surface area contributed by atoms with Gasteiger partial charge in [-0.15, -0.1) is 21.5 Å². The molecule has 3 rings (SSSR count). The van der Waals surface area contributed by atoms with Gasteiger partial charge in [0.2, 0.25) is 11.0 Å². The van der Waals surface area contributed by atoms with Gasteiger partial charge in [0.25, 0.3) is 0 Å². The van der Waals surface area contributed by atoms with Crippen molar-refractivity contribution in [1.29, 1.82) is 0 Å². The Morgan fingerprint density at radius 2 is 2.20 bits per heavy atom. The number of nitrogens with zero attached hydrogens (tertiary/aromatic N) is 2. The van der Waals surface area contributed by atoms with Crippen LogP contribution in [0, 0.1) is 0 Å². The molecule has 0 saturated carbocycles. The van der Waals surface area contributed by atoms with Crippen molar-refractivity contribution in [2.45, 2.75) is 12.8 Å². The number of amides is 1. The van der Waals surface area contributed by atoms with Gasteiger partial charge in [0, 0.05) is 11.4 Å². The molecule has 1 aromatic carbocycles. The van der Waals surface area contributed by atoms with Crippen LogP contribution in [0.4, 0.5) is 5.13 Å². The quantitative estimate of drug-likeness (QED) is 0.476. The highest BCUT2D eigenvalue weighted by Crippen LogP contribution is 2.30. The first-order chi connectivity index (χ1) is 12.1. The van der Waals surface area contributed by atoms with E-state index in [2.05, 4.69) is 31.4 Å².